The number of imidazole rings is 1. The summed E-state index contributed by atoms with van der Waals surface area (Å²) in [6, 6.07) is 0.734. The van der Waals surface area contributed by atoms with Gasteiger partial charge in [-0.25, -0.2) is 4.98 Å². The van der Waals surface area contributed by atoms with Crippen molar-refractivity contribution in [2.24, 2.45) is 0 Å². The largest absolute Gasteiger partial charge is 0.310 e. The summed E-state index contributed by atoms with van der Waals surface area (Å²) in [6.07, 6.45) is 8.73. The molecule has 0 radical (unpaired) electrons. The summed E-state index contributed by atoms with van der Waals surface area (Å²) < 4.78 is 4.10. The van der Waals surface area contributed by atoms with E-state index in [4.69, 9.17) is 0 Å². The van der Waals surface area contributed by atoms with Crippen LogP contribution in [0.25, 0.3) is 4.96 Å². The smallest absolute Gasteiger partial charge is 0.193 e. The number of hydrogen-bond donors (Lipinski definition) is 1. The fourth-order valence-corrected chi connectivity index (χ4v) is 3.08. The van der Waals surface area contributed by atoms with Crippen LogP contribution >= 0.6 is 11.3 Å². The third kappa shape index (κ3) is 2.25. The summed E-state index contributed by atoms with van der Waals surface area (Å²) in [5, 5.41) is 10.1. The fourth-order valence-electron chi connectivity index (χ4n) is 2.37. The number of fused-ring (bicyclic) bond motifs is 1. The molecule has 0 saturated heterocycles. The first kappa shape index (κ1) is 12.1. The summed E-state index contributed by atoms with van der Waals surface area (Å²) in [7, 11) is 0. The molecule has 1 saturated carbocycles. The van der Waals surface area contributed by atoms with E-state index in [2.05, 4.69) is 32.9 Å². The predicted molar refractivity (Wildman–Crippen MR) is 79.0 cm³/mol. The SMILES string of the molecule is Cc1c(CNC2CC2)cnn1Cc1cn2ccsc2n1. The van der Waals surface area contributed by atoms with E-state index in [0.717, 1.165) is 29.8 Å². The summed E-state index contributed by atoms with van der Waals surface area (Å²) in [5.74, 6) is 0. The second-order valence-electron chi connectivity index (χ2n) is 5.39. The Morgan fingerprint density at radius 2 is 2.35 bits per heavy atom. The van der Waals surface area contributed by atoms with E-state index in [0.29, 0.717) is 0 Å². The Kier molecular flexibility index (Phi) is 2.85. The Balaban J connectivity index is 1.51. The van der Waals surface area contributed by atoms with Gasteiger partial charge in [-0.1, -0.05) is 0 Å². The minimum atomic E-state index is 0.734. The standard InChI is InChI=1S/C14H17N5S/c1-10-11(6-15-12-2-3-12)7-16-19(10)9-13-8-18-4-5-20-14(18)17-13/h4-5,7-8,12,15H,2-3,6,9H2,1H3. The molecule has 4 rings (SSSR count). The summed E-state index contributed by atoms with van der Waals surface area (Å²) in [5.41, 5.74) is 3.58. The van der Waals surface area contributed by atoms with E-state index in [1.807, 2.05) is 22.5 Å². The zero-order chi connectivity index (χ0) is 13.5. The predicted octanol–water partition coefficient (Wildman–Crippen LogP) is 2.20. The van der Waals surface area contributed by atoms with E-state index in [9.17, 15) is 0 Å². The van der Waals surface area contributed by atoms with E-state index in [-0.39, 0.29) is 0 Å². The average molecular weight is 287 g/mol. The first-order chi connectivity index (χ1) is 9.79. The van der Waals surface area contributed by atoms with Gasteiger partial charge in [0.05, 0.1) is 18.4 Å². The lowest BCUT2D eigenvalue weighted by Gasteiger charge is -2.04. The van der Waals surface area contributed by atoms with Crippen LogP contribution in [0.15, 0.2) is 24.0 Å². The average Bonchev–Trinajstić information content (AvgIpc) is 2.88. The highest BCUT2D eigenvalue weighted by molar-refractivity contribution is 7.15. The van der Waals surface area contributed by atoms with Crippen LogP contribution in [-0.2, 0) is 13.1 Å². The number of nitrogens with zero attached hydrogens (tertiary/aromatic N) is 4. The van der Waals surface area contributed by atoms with Gasteiger partial charge in [0.25, 0.3) is 0 Å². The third-order valence-corrected chi connectivity index (χ3v) is 4.59. The Bertz CT molecular complexity index is 705. The third-order valence-electron chi connectivity index (χ3n) is 3.82. The van der Waals surface area contributed by atoms with Crippen LogP contribution in [0.4, 0.5) is 0 Å². The van der Waals surface area contributed by atoms with E-state index < -0.39 is 0 Å². The molecule has 1 N–H and O–H groups in total. The van der Waals surface area contributed by atoms with Gasteiger partial charge >= 0.3 is 0 Å². The minimum absolute atomic E-state index is 0.734. The monoisotopic (exact) mass is 287 g/mol. The molecular formula is C14H17N5S. The topological polar surface area (TPSA) is 47.2 Å². The Morgan fingerprint density at radius 3 is 3.15 bits per heavy atom. The Morgan fingerprint density at radius 1 is 1.45 bits per heavy atom. The Hall–Kier alpha value is -1.66. The molecule has 3 heterocycles. The van der Waals surface area contributed by atoms with Crippen molar-refractivity contribution in [3.8, 4) is 0 Å². The molecule has 104 valence electrons. The summed E-state index contributed by atoms with van der Waals surface area (Å²) in [6.45, 7) is 3.80. The van der Waals surface area contributed by atoms with Crippen molar-refractivity contribution < 1.29 is 0 Å². The van der Waals surface area contributed by atoms with Crippen LogP contribution in [0.2, 0.25) is 0 Å². The van der Waals surface area contributed by atoms with Crippen LogP contribution < -0.4 is 5.32 Å². The number of aromatic nitrogens is 4. The summed E-state index contributed by atoms with van der Waals surface area (Å²) in [4.78, 5) is 5.65. The lowest BCUT2D eigenvalue weighted by molar-refractivity contribution is 0.646. The number of hydrogen-bond acceptors (Lipinski definition) is 4. The van der Waals surface area contributed by atoms with Gasteiger partial charge in [0.15, 0.2) is 4.96 Å². The van der Waals surface area contributed by atoms with Crippen LogP contribution in [0.3, 0.4) is 0 Å². The maximum absolute atomic E-state index is 4.61. The molecule has 1 fully saturated rings. The highest BCUT2D eigenvalue weighted by Gasteiger charge is 2.20. The molecule has 5 nitrogen and oxygen atoms in total. The normalized spacial score (nSPS) is 15.2. The quantitative estimate of drug-likeness (QED) is 0.782. The first-order valence-corrected chi connectivity index (χ1v) is 7.83. The Labute approximate surface area is 121 Å². The first-order valence-electron chi connectivity index (χ1n) is 6.95. The lowest BCUT2D eigenvalue weighted by atomic mass is 10.2. The second-order valence-corrected chi connectivity index (χ2v) is 6.27. The van der Waals surface area contributed by atoms with Gasteiger partial charge in [-0.05, 0) is 19.8 Å². The molecule has 1 aliphatic carbocycles. The molecule has 3 aromatic rings. The van der Waals surface area contributed by atoms with Gasteiger partial charge in [0.1, 0.15) is 0 Å². The molecular weight excluding hydrogens is 270 g/mol. The fraction of sp³-hybridized carbons (Fsp3) is 0.429. The van der Waals surface area contributed by atoms with E-state index in [1.165, 1.54) is 24.1 Å². The van der Waals surface area contributed by atoms with Crippen LogP contribution in [0.1, 0.15) is 29.8 Å². The molecule has 6 heteroatoms. The summed E-state index contributed by atoms with van der Waals surface area (Å²) >= 11 is 1.66. The molecule has 3 aromatic heterocycles. The molecule has 0 atom stereocenters. The van der Waals surface area contributed by atoms with Crippen LogP contribution in [0, 0.1) is 6.92 Å². The molecule has 0 amide bonds. The van der Waals surface area contributed by atoms with Gasteiger partial charge < -0.3 is 5.32 Å². The van der Waals surface area contributed by atoms with E-state index >= 15 is 0 Å². The number of nitrogens with one attached hydrogen (secondary N) is 1. The van der Waals surface area contributed by atoms with Crippen LogP contribution in [-0.4, -0.2) is 25.2 Å². The number of thiazole rings is 1. The highest BCUT2D eigenvalue weighted by Crippen LogP contribution is 2.20. The van der Waals surface area contributed by atoms with Gasteiger partial charge in [-0.15, -0.1) is 11.3 Å². The zero-order valence-electron chi connectivity index (χ0n) is 11.4. The van der Waals surface area contributed by atoms with Crippen molar-refractivity contribution in [2.75, 3.05) is 0 Å². The molecule has 0 bridgehead atoms. The van der Waals surface area contributed by atoms with Gasteiger partial charge in [0, 0.05) is 41.6 Å². The van der Waals surface area contributed by atoms with Crippen molar-refractivity contribution >= 4 is 16.3 Å². The maximum atomic E-state index is 4.61. The maximum Gasteiger partial charge on any atom is 0.193 e. The van der Waals surface area contributed by atoms with Crippen LogP contribution in [0.5, 0.6) is 0 Å². The van der Waals surface area contributed by atoms with Crippen molar-refractivity contribution in [1.29, 1.82) is 0 Å². The second kappa shape index (κ2) is 4.71. The molecule has 1 aliphatic rings. The molecule has 0 aliphatic heterocycles. The minimum Gasteiger partial charge on any atom is -0.310 e. The molecule has 20 heavy (non-hydrogen) atoms. The zero-order valence-corrected chi connectivity index (χ0v) is 12.2. The molecule has 0 spiro atoms. The molecule has 0 unspecified atom stereocenters. The van der Waals surface area contributed by atoms with Gasteiger partial charge in [0.2, 0.25) is 0 Å². The van der Waals surface area contributed by atoms with Crippen molar-refractivity contribution in [1.82, 2.24) is 24.5 Å². The van der Waals surface area contributed by atoms with Gasteiger partial charge in [-0.2, -0.15) is 5.10 Å². The lowest BCUT2D eigenvalue weighted by Crippen LogP contribution is -2.16. The van der Waals surface area contributed by atoms with Crippen molar-refractivity contribution in [3.63, 3.8) is 0 Å². The van der Waals surface area contributed by atoms with E-state index in [1.54, 1.807) is 11.3 Å². The highest BCUT2D eigenvalue weighted by atomic mass is 32.1. The van der Waals surface area contributed by atoms with Crippen molar-refractivity contribution in [2.45, 2.75) is 38.9 Å². The number of rotatable bonds is 5. The van der Waals surface area contributed by atoms with Gasteiger partial charge in [-0.3, -0.25) is 9.08 Å². The molecule has 0 aromatic carbocycles. The van der Waals surface area contributed by atoms with Crippen molar-refractivity contribution in [3.05, 3.63) is 40.9 Å².